The molecule has 0 saturated carbocycles. The van der Waals surface area contributed by atoms with Gasteiger partial charge < -0.3 is 11.1 Å². The SMILES string of the molecule is CCCCCCCC/C=C\CCCCCCCCCCC(C(N)=O)C(C)NC(=O)CCCCCCCCCCCCCCCCC. The van der Waals surface area contributed by atoms with Crippen molar-refractivity contribution in [2.45, 2.75) is 239 Å². The van der Waals surface area contributed by atoms with Gasteiger partial charge in [0.05, 0.1) is 5.92 Å². The van der Waals surface area contributed by atoms with Gasteiger partial charge in [-0.15, -0.1) is 0 Å². The first-order valence-electron chi connectivity index (χ1n) is 20.8. The van der Waals surface area contributed by atoms with Gasteiger partial charge in [0.15, 0.2) is 0 Å². The van der Waals surface area contributed by atoms with Crippen molar-refractivity contribution in [2.24, 2.45) is 11.7 Å². The Morgan fingerprint density at radius 2 is 0.826 bits per heavy atom. The molecule has 0 bridgehead atoms. The molecule has 0 aliphatic carbocycles. The summed E-state index contributed by atoms with van der Waals surface area (Å²) in [5, 5.41) is 3.08. The van der Waals surface area contributed by atoms with Crippen molar-refractivity contribution in [1.82, 2.24) is 5.32 Å². The van der Waals surface area contributed by atoms with Crippen molar-refractivity contribution in [3.8, 4) is 0 Å². The summed E-state index contributed by atoms with van der Waals surface area (Å²) >= 11 is 0. The van der Waals surface area contributed by atoms with E-state index in [1.165, 1.54) is 173 Å². The van der Waals surface area contributed by atoms with E-state index in [0.29, 0.717) is 6.42 Å². The number of carbonyl (C=O) groups is 2. The largest absolute Gasteiger partial charge is 0.369 e. The molecule has 0 radical (unpaired) electrons. The Balaban J connectivity index is 3.64. The van der Waals surface area contributed by atoms with E-state index in [0.717, 1.165) is 32.1 Å². The summed E-state index contributed by atoms with van der Waals surface area (Å²) in [6.07, 6.45) is 46.7. The van der Waals surface area contributed by atoms with Crippen LogP contribution in [0.5, 0.6) is 0 Å². The molecule has 0 fully saturated rings. The number of nitrogens with one attached hydrogen (secondary N) is 1. The Morgan fingerprint density at radius 1 is 0.500 bits per heavy atom. The number of amides is 2. The third-order valence-electron chi connectivity index (χ3n) is 9.89. The second-order valence-electron chi connectivity index (χ2n) is 14.5. The summed E-state index contributed by atoms with van der Waals surface area (Å²) in [6, 6.07) is -0.179. The van der Waals surface area contributed by atoms with Gasteiger partial charge in [-0.1, -0.05) is 193 Å². The van der Waals surface area contributed by atoms with Gasteiger partial charge in [0.1, 0.15) is 0 Å². The monoisotopic (exact) mass is 647 g/mol. The Morgan fingerprint density at radius 3 is 1.20 bits per heavy atom. The third-order valence-corrected chi connectivity index (χ3v) is 9.89. The Kier molecular flexibility index (Phi) is 35.5. The van der Waals surface area contributed by atoms with Crippen LogP contribution in [-0.2, 0) is 9.59 Å². The molecular formula is C42H82N2O2. The zero-order chi connectivity index (χ0) is 33.8. The number of hydrogen-bond donors (Lipinski definition) is 2. The van der Waals surface area contributed by atoms with Crippen LogP contribution >= 0.6 is 0 Å². The van der Waals surface area contributed by atoms with E-state index in [1.807, 2.05) is 6.92 Å². The van der Waals surface area contributed by atoms with Crippen molar-refractivity contribution < 1.29 is 9.59 Å². The van der Waals surface area contributed by atoms with Crippen LogP contribution in [0.4, 0.5) is 0 Å². The van der Waals surface area contributed by atoms with Crippen molar-refractivity contribution in [3.05, 3.63) is 12.2 Å². The lowest BCUT2D eigenvalue weighted by Gasteiger charge is -2.22. The average molecular weight is 647 g/mol. The van der Waals surface area contributed by atoms with Crippen molar-refractivity contribution in [1.29, 1.82) is 0 Å². The second kappa shape index (κ2) is 36.5. The normalized spacial score (nSPS) is 12.9. The molecule has 2 amide bonds. The number of primary amides is 1. The Bertz CT molecular complexity index is 677. The molecule has 2 atom stereocenters. The number of carbonyl (C=O) groups excluding carboxylic acids is 2. The molecule has 272 valence electrons. The van der Waals surface area contributed by atoms with Gasteiger partial charge in [-0.2, -0.15) is 0 Å². The fraction of sp³-hybridized carbons (Fsp3) is 0.905. The summed E-state index contributed by atoms with van der Waals surface area (Å²) in [6.45, 7) is 6.51. The molecule has 46 heavy (non-hydrogen) atoms. The quantitative estimate of drug-likeness (QED) is 0.0520. The molecule has 4 heteroatoms. The zero-order valence-corrected chi connectivity index (χ0v) is 31.5. The molecule has 0 aromatic heterocycles. The number of nitrogens with two attached hydrogens (primary N) is 1. The fourth-order valence-corrected chi connectivity index (χ4v) is 6.69. The van der Waals surface area contributed by atoms with E-state index in [4.69, 9.17) is 5.73 Å². The van der Waals surface area contributed by atoms with Gasteiger partial charge in [0.25, 0.3) is 0 Å². The maximum atomic E-state index is 12.5. The molecule has 0 rings (SSSR count). The first kappa shape index (κ1) is 44.7. The fourth-order valence-electron chi connectivity index (χ4n) is 6.69. The summed E-state index contributed by atoms with van der Waals surface area (Å²) in [5.41, 5.74) is 5.73. The topological polar surface area (TPSA) is 72.2 Å². The predicted molar refractivity (Wildman–Crippen MR) is 203 cm³/mol. The van der Waals surface area contributed by atoms with E-state index < -0.39 is 0 Å². The van der Waals surface area contributed by atoms with Gasteiger partial charge in [-0.3, -0.25) is 9.59 Å². The highest BCUT2D eigenvalue weighted by molar-refractivity contribution is 5.80. The number of hydrogen-bond acceptors (Lipinski definition) is 2. The van der Waals surface area contributed by atoms with E-state index in [-0.39, 0.29) is 23.8 Å². The van der Waals surface area contributed by atoms with Gasteiger partial charge in [-0.25, -0.2) is 0 Å². The van der Waals surface area contributed by atoms with Crippen LogP contribution in [0.15, 0.2) is 12.2 Å². The third kappa shape index (κ3) is 32.6. The van der Waals surface area contributed by atoms with Crippen LogP contribution in [0.25, 0.3) is 0 Å². The first-order chi connectivity index (χ1) is 22.5. The maximum Gasteiger partial charge on any atom is 0.222 e. The summed E-state index contributed by atoms with van der Waals surface area (Å²) in [4.78, 5) is 24.6. The van der Waals surface area contributed by atoms with E-state index in [2.05, 4.69) is 31.3 Å². The molecule has 3 N–H and O–H groups in total. The molecule has 0 aliphatic rings. The molecule has 0 heterocycles. The minimum atomic E-state index is -0.277. The zero-order valence-electron chi connectivity index (χ0n) is 31.5. The summed E-state index contributed by atoms with van der Waals surface area (Å²) < 4.78 is 0. The molecule has 0 saturated heterocycles. The standard InChI is InChI=1S/C42H82N2O2/c1-4-6-8-10-12-14-16-18-20-21-22-24-25-27-29-31-33-35-37-40(42(43)46)39(3)44-41(45)38-36-34-32-30-28-26-23-19-17-15-13-11-9-7-5-2/h18,20,39-40H,4-17,19,21-38H2,1-3H3,(H2,43,46)(H,44,45)/b20-18-. The van der Waals surface area contributed by atoms with Crippen LogP contribution in [0.1, 0.15) is 233 Å². The van der Waals surface area contributed by atoms with Crippen molar-refractivity contribution in [3.63, 3.8) is 0 Å². The summed E-state index contributed by atoms with van der Waals surface area (Å²) in [7, 11) is 0. The smallest absolute Gasteiger partial charge is 0.222 e. The average Bonchev–Trinajstić information content (AvgIpc) is 3.03. The second-order valence-corrected chi connectivity index (χ2v) is 14.5. The van der Waals surface area contributed by atoms with Gasteiger partial charge in [0.2, 0.25) is 11.8 Å². The van der Waals surface area contributed by atoms with Gasteiger partial charge in [0, 0.05) is 12.5 Å². The van der Waals surface area contributed by atoms with Gasteiger partial charge in [-0.05, 0) is 45.4 Å². The van der Waals surface area contributed by atoms with E-state index in [1.54, 1.807) is 0 Å². The van der Waals surface area contributed by atoms with Crippen LogP contribution in [-0.4, -0.2) is 17.9 Å². The minimum Gasteiger partial charge on any atom is -0.369 e. The van der Waals surface area contributed by atoms with Crippen molar-refractivity contribution >= 4 is 11.8 Å². The number of rotatable bonds is 37. The van der Waals surface area contributed by atoms with E-state index in [9.17, 15) is 9.59 Å². The molecule has 4 nitrogen and oxygen atoms in total. The minimum absolute atomic E-state index is 0.0711. The van der Waals surface area contributed by atoms with Crippen LogP contribution in [0, 0.1) is 5.92 Å². The lowest BCUT2D eigenvalue weighted by atomic mass is 9.93. The van der Waals surface area contributed by atoms with Crippen LogP contribution in [0.3, 0.4) is 0 Å². The van der Waals surface area contributed by atoms with Crippen LogP contribution < -0.4 is 11.1 Å². The highest BCUT2D eigenvalue weighted by Gasteiger charge is 2.23. The number of allylic oxidation sites excluding steroid dienone is 2. The molecule has 2 unspecified atom stereocenters. The molecule has 0 aromatic rings. The number of unbranched alkanes of at least 4 members (excludes halogenated alkanes) is 28. The highest BCUT2D eigenvalue weighted by atomic mass is 16.2. The van der Waals surface area contributed by atoms with E-state index >= 15 is 0 Å². The van der Waals surface area contributed by atoms with Crippen LogP contribution in [0.2, 0.25) is 0 Å². The molecule has 0 spiro atoms. The van der Waals surface area contributed by atoms with Crippen molar-refractivity contribution in [2.75, 3.05) is 0 Å². The predicted octanol–water partition coefficient (Wildman–Crippen LogP) is 13.1. The lowest BCUT2D eigenvalue weighted by molar-refractivity contribution is -0.125. The lowest BCUT2D eigenvalue weighted by Crippen LogP contribution is -2.43. The maximum absolute atomic E-state index is 12.5. The van der Waals surface area contributed by atoms with Gasteiger partial charge >= 0.3 is 0 Å². The molecule has 0 aromatic carbocycles. The Labute approximate surface area is 288 Å². The Hall–Kier alpha value is -1.32. The summed E-state index contributed by atoms with van der Waals surface area (Å²) in [5.74, 6) is -0.471. The molecule has 0 aliphatic heterocycles. The highest BCUT2D eigenvalue weighted by Crippen LogP contribution is 2.18. The first-order valence-corrected chi connectivity index (χ1v) is 20.8. The molecular weight excluding hydrogens is 564 g/mol.